The first-order valence-electron chi connectivity index (χ1n) is 6.02. The summed E-state index contributed by atoms with van der Waals surface area (Å²) in [5.74, 6) is 1.28. The van der Waals surface area contributed by atoms with Crippen LogP contribution in [0.3, 0.4) is 0 Å². The summed E-state index contributed by atoms with van der Waals surface area (Å²) in [6, 6.07) is 0. The van der Waals surface area contributed by atoms with Gasteiger partial charge in [-0.15, -0.1) is 0 Å². The van der Waals surface area contributed by atoms with E-state index in [0.717, 1.165) is 5.92 Å². The van der Waals surface area contributed by atoms with Crippen LogP contribution in [0.5, 0.6) is 0 Å². The molecule has 1 rings (SSSR count). The van der Waals surface area contributed by atoms with Crippen molar-refractivity contribution in [1.29, 1.82) is 0 Å². The van der Waals surface area contributed by atoms with Gasteiger partial charge in [0.2, 0.25) is 0 Å². The maximum absolute atomic E-state index is 9.08. The van der Waals surface area contributed by atoms with Crippen molar-refractivity contribution in [3.63, 3.8) is 0 Å². The first kappa shape index (κ1) is 11.8. The molecule has 1 N–H and O–H groups in total. The van der Waals surface area contributed by atoms with E-state index in [1.54, 1.807) is 5.57 Å². The van der Waals surface area contributed by atoms with Gasteiger partial charge in [0, 0.05) is 12.5 Å². The molecule has 1 atom stereocenters. The summed E-state index contributed by atoms with van der Waals surface area (Å²) in [5, 5.41) is 9.08. The van der Waals surface area contributed by atoms with Gasteiger partial charge in [-0.1, -0.05) is 31.9 Å². The molecule has 0 radical (unpaired) electrons. The van der Waals surface area contributed by atoms with Crippen molar-refractivity contribution < 1.29 is 5.11 Å². The molecule has 0 saturated heterocycles. The molecule has 14 heavy (non-hydrogen) atoms. The summed E-state index contributed by atoms with van der Waals surface area (Å²) in [6.45, 7) is 4.91. The van der Waals surface area contributed by atoms with Gasteiger partial charge in [-0.2, -0.15) is 0 Å². The highest BCUT2D eigenvalue weighted by molar-refractivity contribution is 5.07. The third kappa shape index (κ3) is 4.28. The maximum atomic E-state index is 9.08. The Balaban J connectivity index is 2.25. The van der Waals surface area contributed by atoms with Crippen molar-refractivity contribution in [1.82, 2.24) is 0 Å². The molecule has 0 saturated carbocycles. The largest absolute Gasteiger partial charge is 0.396 e. The molecule has 0 heterocycles. The Morgan fingerprint density at radius 2 is 2.29 bits per heavy atom. The first-order chi connectivity index (χ1) is 6.72. The number of allylic oxidation sites excluding steroid dienone is 1. The normalized spacial score (nSPS) is 22.6. The number of hydrogen-bond donors (Lipinski definition) is 1. The molecule has 1 aliphatic rings. The third-order valence-corrected chi connectivity index (χ3v) is 3.06. The van der Waals surface area contributed by atoms with Crippen LogP contribution in [-0.4, -0.2) is 11.7 Å². The maximum Gasteiger partial charge on any atom is 0.0493 e. The van der Waals surface area contributed by atoms with Gasteiger partial charge in [-0.25, -0.2) is 0 Å². The molecule has 0 amide bonds. The first-order valence-corrected chi connectivity index (χ1v) is 6.02. The molecule has 1 aliphatic carbocycles. The fourth-order valence-electron chi connectivity index (χ4n) is 2.18. The predicted molar refractivity (Wildman–Crippen MR) is 61.2 cm³/mol. The second-order valence-corrected chi connectivity index (χ2v) is 4.95. The Labute approximate surface area is 88.2 Å². The minimum atomic E-state index is 0.341. The van der Waals surface area contributed by atoms with Crippen molar-refractivity contribution in [2.75, 3.05) is 6.61 Å². The van der Waals surface area contributed by atoms with E-state index in [0.29, 0.717) is 12.5 Å². The topological polar surface area (TPSA) is 20.2 Å². The van der Waals surface area contributed by atoms with Crippen LogP contribution in [-0.2, 0) is 0 Å². The molecular formula is C13H24O. The van der Waals surface area contributed by atoms with Gasteiger partial charge >= 0.3 is 0 Å². The van der Waals surface area contributed by atoms with Crippen LogP contribution in [0.1, 0.15) is 52.4 Å². The van der Waals surface area contributed by atoms with E-state index in [1.807, 2.05) is 0 Å². The minimum absolute atomic E-state index is 0.341. The smallest absolute Gasteiger partial charge is 0.0493 e. The Bertz CT molecular complexity index is 182. The zero-order valence-corrected chi connectivity index (χ0v) is 9.63. The highest BCUT2D eigenvalue weighted by atomic mass is 16.3. The van der Waals surface area contributed by atoms with Crippen LogP contribution < -0.4 is 0 Å². The third-order valence-electron chi connectivity index (χ3n) is 3.06. The Hall–Kier alpha value is -0.300. The van der Waals surface area contributed by atoms with Crippen LogP contribution in [0.15, 0.2) is 11.6 Å². The summed E-state index contributed by atoms with van der Waals surface area (Å²) in [7, 11) is 0. The Morgan fingerprint density at radius 3 is 2.93 bits per heavy atom. The molecule has 1 nitrogen and oxygen atoms in total. The van der Waals surface area contributed by atoms with Crippen molar-refractivity contribution in [2.45, 2.75) is 52.4 Å². The second-order valence-electron chi connectivity index (χ2n) is 4.95. The lowest BCUT2D eigenvalue weighted by Gasteiger charge is -2.19. The molecule has 0 bridgehead atoms. The van der Waals surface area contributed by atoms with E-state index in [2.05, 4.69) is 19.9 Å². The van der Waals surface area contributed by atoms with Crippen LogP contribution >= 0.6 is 0 Å². The minimum Gasteiger partial charge on any atom is -0.396 e. The van der Waals surface area contributed by atoms with E-state index < -0.39 is 0 Å². The molecule has 0 aromatic rings. The average Bonchev–Trinajstić information content (AvgIpc) is 2.18. The van der Waals surface area contributed by atoms with Crippen molar-refractivity contribution in [3.05, 3.63) is 11.6 Å². The molecule has 0 aromatic heterocycles. The SMILES string of the molecule is CC(C)CCCC1=CC(CO)CCC1. The van der Waals surface area contributed by atoms with Gasteiger partial charge in [0.05, 0.1) is 0 Å². The van der Waals surface area contributed by atoms with Crippen LogP contribution in [0.25, 0.3) is 0 Å². The van der Waals surface area contributed by atoms with Gasteiger partial charge in [0.25, 0.3) is 0 Å². The summed E-state index contributed by atoms with van der Waals surface area (Å²) >= 11 is 0. The number of hydrogen-bond acceptors (Lipinski definition) is 1. The van der Waals surface area contributed by atoms with E-state index in [-0.39, 0.29) is 0 Å². The fraction of sp³-hybridized carbons (Fsp3) is 0.846. The number of aliphatic hydroxyl groups excluding tert-OH is 1. The lowest BCUT2D eigenvalue weighted by Crippen LogP contribution is -2.08. The van der Waals surface area contributed by atoms with Gasteiger partial charge in [0.15, 0.2) is 0 Å². The van der Waals surface area contributed by atoms with Crippen molar-refractivity contribution >= 4 is 0 Å². The van der Waals surface area contributed by atoms with Crippen LogP contribution in [0.4, 0.5) is 0 Å². The summed E-state index contributed by atoms with van der Waals surface area (Å²) in [4.78, 5) is 0. The quantitative estimate of drug-likeness (QED) is 0.667. The molecule has 0 aliphatic heterocycles. The zero-order valence-electron chi connectivity index (χ0n) is 9.63. The van der Waals surface area contributed by atoms with Gasteiger partial charge in [-0.3, -0.25) is 0 Å². The van der Waals surface area contributed by atoms with Crippen molar-refractivity contribution in [2.24, 2.45) is 11.8 Å². The zero-order chi connectivity index (χ0) is 10.4. The summed E-state index contributed by atoms with van der Waals surface area (Å²) in [6.07, 6.45) is 9.97. The predicted octanol–water partition coefficient (Wildman–Crippen LogP) is 3.53. The molecule has 1 unspecified atom stereocenters. The molecular weight excluding hydrogens is 172 g/mol. The molecule has 82 valence electrons. The second kappa shape index (κ2) is 6.23. The van der Waals surface area contributed by atoms with Crippen LogP contribution in [0.2, 0.25) is 0 Å². The Kier molecular flexibility index (Phi) is 5.24. The highest BCUT2D eigenvalue weighted by Crippen LogP contribution is 2.26. The van der Waals surface area contributed by atoms with Crippen LogP contribution in [0, 0.1) is 11.8 Å². The lowest BCUT2D eigenvalue weighted by molar-refractivity contribution is 0.239. The molecule has 1 heteroatoms. The Morgan fingerprint density at radius 1 is 1.50 bits per heavy atom. The molecule has 0 aromatic carbocycles. The summed E-state index contributed by atoms with van der Waals surface area (Å²) in [5.41, 5.74) is 1.59. The van der Waals surface area contributed by atoms with E-state index >= 15 is 0 Å². The van der Waals surface area contributed by atoms with E-state index in [9.17, 15) is 0 Å². The van der Waals surface area contributed by atoms with Gasteiger partial charge in [-0.05, 0) is 38.0 Å². The standard InChI is InChI=1S/C13H24O/c1-11(2)5-3-6-12-7-4-8-13(9-12)10-14/h9,11,13-14H,3-8,10H2,1-2H3. The molecule has 0 spiro atoms. The fourth-order valence-corrected chi connectivity index (χ4v) is 2.18. The van der Waals surface area contributed by atoms with Gasteiger partial charge < -0.3 is 5.11 Å². The van der Waals surface area contributed by atoms with Gasteiger partial charge in [0.1, 0.15) is 0 Å². The van der Waals surface area contributed by atoms with E-state index in [4.69, 9.17) is 5.11 Å². The lowest BCUT2D eigenvalue weighted by atomic mass is 9.88. The summed E-state index contributed by atoms with van der Waals surface area (Å²) < 4.78 is 0. The number of aliphatic hydroxyl groups is 1. The van der Waals surface area contributed by atoms with Crippen molar-refractivity contribution in [3.8, 4) is 0 Å². The monoisotopic (exact) mass is 196 g/mol. The van der Waals surface area contributed by atoms with E-state index in [1.165, 1.54) is 38.5 Å². The molecule has 0 fully saturated rings. The number of rotatable bonds is 5. The average molecular weight is 196 g/mol. The highest BCUT2D eigenvalue weighted by Gasteiger charge is 2.12.